The molecule has 0 atom stereocenters. The van der Waals surface area contributed by atoms with Crippen LogP contribution in [0.15, 0.2) is 35.3 Å². The molecule has 0 bridgehead atoms. The van der Waals surface area contributed by atoms with E-state index in [1.165, 1.54) is 18.2 Å². The molecule has 8 nitrogen and oxygen atoms in total. The number of fused-ring (bicyclic) bond motifs is 1. The van der Waals surface area contributed by atoms with Gasteiger partial charge in [0.25, 0.3) is 5.56 Å². The summed E-state index contributed by atoms with van der Waals surface area (Å²) in [7, 11) is 0. The Morgan fingerprint density at radius 2 is 2.13 bits per heavy atom. The van der Waals surface area contributed by atoms with Crippen molar-refractivity contribution in [2.75, 3.05) is 39.4 Å². The lowest BCUT2D eigenvalue weighted by atomic mass is 10.2. The molecule has 0 unspecified atom stereocenters. The summed E-state index contributed by atoms with van der Waals surface area (Å²) in [6.07, 6.45) is 1.61. The quantitative estimate of drug-likeness (QED) is 0.511. The van der Waals surface area contributed by atoms with E-state index < -0.39 is 5.82 Å². The van der Waals surface area contributed by atoms with Gasteiger partial charge < -0.3 is 19.8 Å². The van der Waals surface area contributed by atoms with E-state index in [4.69, 9.17) is 21.1 Å². The van der Waals surface area contributed by atoms with E-state index in [0.717, 1.165) is 39.4 Å². The van der Waals surface area contributed by atoms with Crippen molar-refractivity contribution in [3.8, 4) is 5.75 Å². The van der Waals surface area contributed by atoms with Gasteiger partial charge >= 0.3 is 0 Å². The van der Waals surface area contributed by atoms with Crippen LogP contribution in [0.4, 0.5) is 4.39 Å². The van der Waals surface area contributed by atoms with Crippen molar-refractivity contribution in [3.05, 3.63) is 63.2 Å². The zero-order chi connectivity index (χ0) is 21.6. The van der Waals surface area contributed by atoms with Crippen molar-refractivity contribution in [2.45, 2.75) is 13.2 Å². The number of halogens is 2. The number of H-pyrrole nitrogens is 1. The fourth-order valence-corrected chi connectivity index (χ4v) is 3.52. The van der Waals surface area contributed by atoms with E-state index in [9.17, 15) is 9.18 Å². The number of pyridine rings is 1. The van der Waals surface area contributed by atoms with E-state index in [-0.39, 0.29) is 17.2 Å². The Bertz CT molecular complexity index is 1100. The maximum absolute atomic E-state index is 13.3. The molecular weight excluding hydrogens is 425 g/mol. The first-order valence-corrected chi connectivity index (χ1v) is 10.4. The minimum absolute atomic E-state index is 0.00589. The van der Waals surface area contributed by atoms with Gasteiger partial charge in [0, 0.05) is 45.0 Å². The molecule has 2 aromatic heterocycles. The molecule has 1 aliphatic heterocycles. The van der Waals surface area contributed by atoms with Crippen LogP contribution in [0.1, 0.15) is 11.5 Å². The molecule has 3 heterocycles. The smallest absolute Gasteiger partial charge is 0.258 e. The molecule has 0 aliphatic carbocycles. The highest BCUT2D eigenvalue weighted by atomic mass is 35.5. The van der Waals surface area contributed by atoms with Gasteiger partial charge in [-0.05, 0) is 18.2 Å². The second kappa shape index (κ2) is 10.1. The fraction of sp³-hybridized carbons (Fsp3) is 0.381. The average Bonchev–Trinajstić information content (AvgIpc) is 2.78. The van der Waals surface area contributed by atoms with Gasteiger partial charge in [-0.3, -0.25) is 14.7 Å². The van der Waals surface area contributed by atoms with Gasteiger partial charge in [0.1, 0.15) is 29.5 Å². The first-order chi connectivity index (χ1) is 15.1. The van der Waals surface area contributed by atoms with Crippen molar-refractivity contribution in [1.82, 2.24) is 25.2 Å². The van der Waals surface area contributed by atoms with Crippen LogP contribution >= 0.6 is 11.6 Å². The molecular formula is C21H23ClFN5O3. The highest BCUT2D eigenvalue weighted by Crippen LogP contribution is 2.21. The van der Waals surface area contributed by atoms with Crippen LogP contribution in [-0.4, -0.2) is 59.2 Å². The molecule has 1 aromatic carbocycles. The Morgan fingerprint density at radius 3 is 2.94 bits per heavy atom. The van der Waals surface area contributed by atoms with Crippen LogP contribution in [0.2, 0.25) is 5.02 Å². The Balaban J connectivity index is 1.43. The predicted octanol–water partition coefficient (Wildman–Crippen LogP) is 2.11. The zero-order valence-corrected chi connectivity index (χ0v) is 17.6. The number of benzene rings is 1. The molecule has 4 rings (SSSR count). The SMILES string of the molecule is O=c1[nH]c(COc2ccc(F)c(Cl)c2)nc2c(CNCCN3CCOCC3)nccc12. The number of aromatic amines is 1. The van der Waals surface area contributed by atoms with E-state index in [2.05, 4.69) is 25.2 Å². The lowest BCUT2D eigenvalue weighted by Crippen LogP contribution is -2.40. The summed E-state index contributed by atoms with van der Waals surface area (Å²) in [6, 6.07) is 5.70. The molecule has 1 aliphatic rings. The first-order valence-electron chi connectivity index (χ1n) is 10.1. The summed E-state index contributed by atoms with van der Waals surface area (Å²) in [4.78, 5) is 26.5. The van der Waals surface area contributed by atoms with Crippen LogP contribution in [0.5, 0.6) is 5.75 Å². The number of hydrogen-bond acceptors (Lipinski definition) is 7. The van der Waals surface area contributed by atoms with Gasteiger partial charge in [0.05, 0.1) is 29.3 Å². The summed E-state index contributed by atoms with van der Waals surface area (Å²) in [5, 5.41) is 3.80. The average molecular weight is 448 g/mol. The largest absolute Gasteiger partial charge is 0.486 e. The Morgan fingerprint density at radius 1 is 1.29 bits per heavy atom. The van der Waals surface area contributed by atoms with Gasteiger partial charge in [0.2, 0.25) is 0 Å². The number of hydrogen-bond donors (Lipinski definition) is 2. The topological polar surface area (TPSA) is 92.4 Å². The van der Waals surface area contributed by atoms with E-state index in [1.807, 2.05) is 0 Å². The molecule has 10 heteroatoms. The molecule has 0 amide bonds. The number of ether oxygens (including phenoxy) is 2. The van der Waals surface area contributed by atoms with Crippen molar-refractivity contribution >= 4 is 22.5 Å². The molecule has 0 spiro atoms. The van der Waals surface area contributed by atoms with Crippen molar-refractivity contribution in [3.63, 3.8) is 0 Å². The summed E-state index contributed by atoms with van der Waals surface area (Å²) in [6.45, 7) is 5.63. The third-order valence-electron chi connectivity index (χ3n) is 5.02. The molecule has 1 fully saturated rings. The maximum Gasteiger partial charge on any atom is 0.258 e. The number of morpholine rings is 1. The fourth-order valence-electron chi connectivity index (χ4n) is 3.35. The number of rotatable bonds is 8. The summed E-state index contributed by atoms with van der Waals surface area (Å²) in [5.41, 5.74) is 0.954. The molecule has 164 valence electrons. The lowest BCUT2D eigenvalue weighted by Gasteiger charge is -2.26. The minimum atomic E-state index is -0.525. The van der Waals surface area contributed by atoms with Crippen LogP contribution < -0.4 is 15.6 Å². The third-order valence-corrected chi connectivity index (χ3v) is 5.31. The molecule has 2 N–H and O–H groups in total. The van der Waals surface area contributed by atoms with Gasteiger partial charge in [-0.15, -0.1) is 0 Å². The van der Waals surface area contributed by atoms with Crippen LogP contribution in [-0.2, 0) is 17.9 Å². The normalized spacial score (nSPS) is 14.8. The van der Waals surface area contributed by atoms with Gasteiger partial charge in [-0.1, -0.05) is 11.6 Å². The van der Waals surface area contributed by atoms with Crippen molar-refractivity contribution in [2.24, 2.45) is 0 Å². The Hall–Kier alpha value is -2.59. The second-order valence-corrected chi connectivity index (χ2v) is 7.57. The number of nitrogens with one attached hydrogen (secondary N) is 2. The van der Waals surface area contributed by atoms with Crippen LogP contribution in [0.25, 0.3) is 10.9 Å². The predicted molar refractivity (Wildman–Crippen MR) is 115 cm³/mol. The maximum atomic E-state index is 13.3. The molecule has 31 heavy (non-hydrogen) atoms. The van der Waals surface area contributed by atoms with E-state index >= 15 is 0 Å². The minimum Gasteiger partial charge on any atom is -0.486 e. The third kappa shape index (κ3) is 5.56. The second-order valence-electron chi connectivity index (χ2n) is 7.16. The molecule has 0 saturated carbocycles. The van der Waals surface area contributed by atoms with Gasteiger partial charge in [0.15, 0.2) is 0 Å². The monoisotopic (exact) mass is 447 g/mol. The number of aromatic nitrogens is 3. The van der Waals surface area contributed by atoms with Crippen LogP contribution in [0.3, 0.4) is 0 Å². The highest BCUT2D eigenvalue weighted by molar-refractivity contribution is 6.30. The van der Waals surface area contributed by atoms with Crippen molar-refractivity contribution in [1.29, 1.82) is 0 Å². The summed E-state index contributed by atoms with van der Waals surface area (Å²) < 4.78 is 24.3. The Labute approximate surface area is 183 Å². The molecule has 1 saturated heterocycles. The number of nitrogens with zero attached hydrogens (tertiary/aromatic N) is 3. The van der Waals surface area contributed by atoms with E-state index in [0.29, 0.717) is 34.7 Å². The standard InChI is InChI=1S/C21H23ClFN5O3/c22-16-11-14(1-2-17(16)23)31-13-19-26-20-15(21(29)27-19)3-4-25-18(20)12-24-5-6-28-7-9-30-10-8-28/h1-4,11,24H,5-10,12-13H2,(H,26,27,29). The Kier molecular flexibility index (Phi) is 7.08. The van der Waals surface area contributed by atoms with E-state index in [1.54, 1.807) is 12.3 Å². The lowest BCUT2D eigenvalue weighted by molar-refractivity contribution is 0.0384. The summed E-state index contributed by atoms with van der Waals surface area (Å²) >= 11 is 5.78. The van der Waals surface area contributed by atoms with Crippen LogP contribution in [0, 0.1) is 5.82 Å². The first kappa shape index (κ1) is 21.6. The van der Waals surface area contributed by atoms with Gasteiger partial charge in [-0.25, -0.2) is 9.37 Å². The van der Waals surface area contributed by atoms with Gasteiger partial charge in [-0.2, -0.15) is 0 Å². The van der Waals surface area contributed by atoms with Crippen molar-refractivity contribution < 1.29 is 13.9 Å². The molecule has 3 aromatic rings. The zero-order valence-electron chi connectivity index (χ0n) is 16.9. The highest BCUT2D eigenvalue weighted by Gasteiger charge is 2.12. The summed E-state index contributed by atoms with van der Waals surface area (Å²) in [5.74, 6) is 0.203. The molecule has 0 radical (unpaired) electrons.